The van der Waals surface area contributed by atoms with Gasteiger partial charge in [0.05, 0.1) is 0 Å². The number of aliphatic carboxylic acids is 1. The molecule has 0 radical (unpaired) electrons. The highest BCUT2D eigenvalue weighted by Crippen LogP contribution is 2.64. The maximum atomic E-state index is 11.7. The summed E-state index contributed by atoms with van der Waals surface area (Å²) in [4.78, 5) is 11.7. The molecule has 1 aromatic carbocycles. The minimum absolute atomic E-state index is 0.124. The standard InChI is InChI=1S/C20H24O2/c1-13(19(21)22)18(17-5-3-2-4-6-17)20-10-14-7-15(11-20)9-16(8-14)12-20/h2-6,14-16H,7-12H2,1H3,(H,21,22). The Morgan fingerprint density at radius 1 is 1.00 bits per heavy atom. The highest BCUT2D eigenvalue weighted by molar-refractivity contribution is 5.97. The van der Waals surface area contributed by atoms with Crippen LogP contribution in [-0.4, -0.2) is 11.1 Å². The molecule has 4 bridgehead atoms. The highest BCUT2D eigenvalue weighted by Gasteiger charge is 2.53. The summed E-state index contributed by atoms with van der Waals surface area (Å²) in [5.41, 5.74) is 2.95. The molecular weight excluding hydrogens is 272 g/mol. The average Bonchev–Trinajstić information content (AvgIpc) is 2.46. The number of benzene rings is 1. The van der Waals surface area contributed by atoms with Crippen molar-refractivity contribution in [3.05, 3.63) is 41.5 Å². The molecule has 0 saturated heterocycles. The average molecular weight is 296 g/mol. The molecular formula is C20H24O2. The summed E-state index contributed by atoms with van der Waals surface area (Å²) in [6.45, 7) is 1.81. The van der Waals surface area contributed by atoms with Crippen LogP contribution in [0, 0.1) is 23.2 Å². The Kier molecular flexibility index (Phi) is 3.18. The van der Waals surface area contributed by atoms with Gasteiger partial charge < -0.3 is 5.11 Å². The van der Waals surface area contributed by atoms with Gasteiger partial charge in [-0.25, -0.2) is 4.79 Å². The van der Waals surface area contributed by atoms with Crippen molar-refractivity contribution in [1.29, 1.82) is 0 Å². The second-order valence-electron chi connectivity index (χ2n) is 7.87. The molecule has 0 spiro atoms. The van der Waals surface area contributed by atoms with Gasteiger partial charge >= 0.3 is 5.97 Å². The van der Waals surface area contributed by atoms with Gasteiger partial charge in [0, 0.05) is 5.57 Å². The molecule has 0 amide bonds. The van der Waals surface area contributed by atoms with Crippen molar-refractivity contribution in [2.24, 2.45) is 23.2 Å². The van der Waals surface area contributed by atoms with E-state index in [-0.39, 0.29) is 5.41 Å². The smallest absolute Gasteiger partial charge is 0.331 e. The van der Waals surface area contributed by atoms with Gasteiger partial charge in [0.2, 0.25) is 0 Å². The van der Waals surface area contributed by atoms with E-state index in [4.69, 9.17) is 0 Å². The molecule has 0 aromatic heterocycles. The maximum absolute atomic E-state index is 11.7. The van der Waals surface area contributed by atoms with Gasteiger partial charge in [0.15, 0.2) is 0 Å². The van der Waals surface area contributed by atoms with Crippen molar-refractivity contribution in [1.82, 2.24) is 0 Å². The summed E-state index contributed by atoms with van der Waals surface area (Å²) in [7, 11) is 0. The Morgan fingerprint density at radius 3 is 1.95 bits per heavy atom. The second kappa shape index (κ2) is 4.97. The largest absolute Gasteiger partial charge is 0.478 e. The van der Waals surface area contributed by atoms with E-state index in [1.807, 2.05) is 25.1 Å². The first-order chi connectivity index (χ1) is 10.6. The minimum atomic E-state index is -0.755. The van der Waals surface area contributed by atoms with Crippen LogP contribution in [0.5, 0.6) is 0 Å². The lowest BCUT2D eigenvalue weighted by Crippen LogP contribution is -2.47. The van der Waals surface area contributed by atoms with Gasteiger partial charge in [0.1, 0.15) is 0 Å². The van der Waals surface area contributed by atoms with E-state index >= 15 is 0 Å². The number of carboxylic acid groups (broad SMARTS) is 1. The topological polar surface area (TPSA) is 37.3 Å². The zero-order valence-corrected chi connectivity index (χ0v) is 13.2. The minimum Gasteiger partial charge on any atom is -0.478 e. The Morgan fingerprint density at radius 2 is 1.50 bits per heavy atom. The van der Waals surface area contributed by atoms with Gasteiger partial charge in [-0.2, -0.15) is 0 Å². The monoisotopic (exact) mass is 296 g/mol. The molecule has 4 aliphatic carbocycles. The first kappa shape index (κ1) is 14.0. The lowest BCUT2D eigenvalue weighted by Gasteiger charge is -2.58. The van der Waals surface area contributed by atoms with Gasteiger partial charge in [-0.1, -0.05) is 30.3 Å². The summed E-state index contributed by atoms with van der Waals surface area (Å²) >= 11 is 0. The normalized spacial score (nSPS) is 37.0. The third-order valence-electron chi connectivity index (χ3n) is 6.33. The fourth-order valence-electron chi connectivity index (χ4n) is 6.05. The maximum Gasteiger partial charge on any atom is 0.331 e. The van der Waals surface area contributed by atoms with Gasteiger partial charge in [-0.05, 0) is 79.8 Å². The summed E-state index contributed by atoms with van der Waals surface area (Å²) in [6.07, 6.45) is 7.75. The molecule has 0 unspecified atom stereocenters. The van der Waals surface area contributed by atoms with Crippen molar-refractivity contribution in [3.8, 4) is 0 Å². The predicted molar refractivity (Wildman–Crippen MR) is 87.3 cm³/mol. The first-order valence-electron chi connectivity index (χ1n) is 8.57. The summed E-state index contributed by atoms with van der Waals surface area (Å²) in [5, 5.41) is 9.66. The van der Waals surface area contributed by atoms with Crippen molar-refractivity contribution in [3.63, 3.8) is 0 Å². The van der Waals surface area contributed by atoms with Gasteiger partial charge in [-0.3, -0.25) is 0 Å². The number of rotatable bonds is 3. The Bertz CT molecular complexity index is 591. The zero-order valence-electron chi connectivity index (χ0n) is 13.2. The molecule has 4 aliphatic rings. The van der Waals surface area contributed by atoms with Crippen molar-refractivity contribution >= 4 is 11.5 Å². The Labute approximate surface area is 132 Å². The van der Waals surface area contributed by atoms with Crippen LogP contribution in [0.1, 0.15) is 51.0 Å². The van der Waals surface area contributed by atoms with Gasteiger partial charge in [-0.15, -0.1) is 0 Å². The lowest BCUT2D eigenvalue weighted by molar-refractivity contribution is -0.132. The molecule has 22 heavy (non-hydrogen) atoms. The molecule has 0 atom stereocenters. The van der Waals surface area contributed by atoms with Crippen molar-refractivity contribution in [2.45, 2.75) is 45.4 Å². The van der Waals surface area contributed by atoms with Crippen molar-refractivity contribution in [2.75, 3.05) is 0 Å². The van der Waals surface area contributed by atoms with E-state index < -0.39 is 5.97 Å². The van der Waals surface area contributed by atoms with E-state index in [0.717, 1.165) is 28.9 Å². The van der Waals surface area contributed by atoms with Crippen LogP contribution in [0.3, 0.4) is 0 Å². The molecule has 5 rings (SSSR count). The van der Waals surface area contributed by atoms with Crippen LogP contribution in [-0.2, 0) is 4.79 Å². The number of allylic oxidation sites excluding steroid dienone is 1. The molecule has 116 valence electrons. The van der Waals surface area contributed by atoms with Crippen LogP contribution < -0.4 is 0 Å². The lowest BCUT2D eigenvalue weighted by atomic mass is 9.47. The summed E-state index contributed by atoms with van der Waals surface area (Å²) < 4.78 is 0. The summed E-state index contributed by atoms with van der Waals surface area (Å²) in [5.74, 6) is 1.72. The first-order valence-corrected chi connectivity index (χ1v) is 8.57. The number of carboxylic acids is 1. The molecule has 4 fully saturated rings. The Hall–Kier alpha value is -1.57. The predicted octanol–water partition coefficient (Wildman–Crippen LogP) is 4.76. The molecule has 0 aliphatic heterocycles. The van der Waals surface area contributed by atoms with Gasteiger partial charge in [0.25, 0.3) is 0 Å². The molecule has 2 nitrogen and oxygen atoms in total. The van der Waals surface area contributed by atoms with E-state index in [0.29, 0.717) is 5.57 Å². The zero-order chi connectivity index (χ0) is 15.3. The van der Waals surface area contributed by atoms with E-state index in [1.165, 1.54) is 38.5 Å². The van der Waals surface area contributed by atoms with Crippen LogP contribution in [0.2, 0.25) is 0 Å². The third-order valence-corrected chi connectivity index (χ3v) is 6.33. The van der Waals surface area contributed by atoms with E-state index in [9.17, 15) is 9.90 Å². The van der Waals surface area contributed by atoms with Crippen LogP contribution in [0.4, 0.5) is 0 Å². The number of carbonyl (C=O) groups is 1. The quantitative estimate of drug-likeness (QED) is 0.816. The van der Waals surface area contributed by atoms with E-state index in [2.05, 4.69) is 12.1 Å². The number of hydrogen-bond donors (Lipinski definition) is 1. The van der Waals surface area contributed by atoms with Crippen LogP contribution in [0.15, 0.2) is 35.9 Å². The molecule has 0 heterocycles. The molecule has 1 N–H and O–H groups in total. The van der Waals surface area contributed by atoms with Crippen LogP contribution >= 0.6 is 0 Å². The number of hydrogen-bond acceptors (Lipinski definition) is 1. The Balaban J connectivity index is 1.85. The second-order valence-corrected chi connectivity index (χ2v) is 7.87. The molecule has 1 aromatic rings. The fraction of sp³-hybridized carbons (Fsp3) is 0.550. The third kappa shape index (κ3) is 2.12. The SMILES string of the molecule is CC(C(=O)O)=C(c1ccccc1)C12CC3CC(CC(C3)C1)C2. The van der Waals surface area contributed by atoms with Crippen molar-refractivity contribution < 1.29 is 9.90 Å². The molecule has 2 heteroatoms. The summed E-state index contributed by atoms with van der Waals surface area (Å²) in [6, 6.07) is 10.3. The van der Waals surface area contributed by atoms with E-state index in [1.54, 1.807) is 0 Å². The highest BCUT2D eigenvalue weighted by atomic mass is 16.4. The molecule has 4 saturated carbocycles. The van der Waals surface area contributed by atoms with Crippen LogP contribution in [0.25, 0.3) is 5.57 Å². The fourth-order valence-corrected chi connectivity index (χ4v) is 6.05.